The Morgan fingerprint density at radius 2 is 1.72 bits per heavy atom. The Labute approximate surface area is 107 Å². The molecule has 104 valence electrons. The summed E-state index contributed by atoms with van der Waals surface area (Å²) in [4.78, 5) is 14.1. The molecule has 2 rings (SSSR count). The Morgan fingerprint density at radius 3 is 2.28 bits per heavy atom. The molecular formula is C13H22F2N2O. The van der Waals surface area contributed by atoms with Crippen LogP contribution in [0.15, 0.2) is 0 Å². The molecular weight excluding hydrogens is 238 g/mol. The van der Waals surface area contributed by atoms with Crippen molar-refractivity contribution >= 4 is 5.91 Å². The molecule has 0 aromatic carbocycles. The Morgan fingerprint density at radius 1 is 1.17 bits per heavy atom. The minimum atomic E-state index is -2.55. The number of halogens is 2. The van der Waals surface area contributed by atoms with Crippen LogP contribution in [0.25, 0.3) is 0 Å². The number of piperidine rings is 1. The van der Waals surface area contributed by atoms with Gasteiger partial charge in [-0.05, 0) is 38.8 Å². The second-order valence-electron chi connectivity index (χ2n) is 5.56. The summed E-state index contributed by atoms with van der Waals surface area (Å²) in [7, 11) is 1.82. The fraction of sp³-hybridized carbons (Fsp3) is 0.923. The van der Waals surface area contributed by atoms with E-state index in [4.69, 9.17) is 0 Å². The number of carbonyl (C=O) groups excluding carboxylic acids is 1. The topological polar surface area (TPSA) is 32.3 Å². The maximum Gasteiger partial charge on any atom is 0.248 e. The molecule has 0 unspecified atom stereocenters. The molecule has 18 heavy (non-hydrogen) atoms. The summed E-state index contributed by atoms with van der Waals surface area (Å²) in [5.74, 6) is -2.67. The molecule has 1 aliphatic carbocycles. The molecule has 2 fully saturated rings. The van der Waals surface area contributed by atoms with Crippen molar-refractivity contribution in [1.29, 1.82) is 0 Å². The normalized spacial score (nSPS) is 25.9. The van der Waals surface area contributed by atoms with Gasteiger partial charge in [-0.1, -0.05) is 0 Å². The van der Waals surface area contributed by atoms with Crippen molar-refractivity contribution in [2.75, 3.05) is 20.1 Å². The standard InChI is InChI=1S/C13H22F2N2O/c1-17(11-4-8-16-9-5-11)12(18)10-2-6-13(14,15)7-3-10/h10-11,16H,2-9H2,1H3. The molecule has 1 saturated heterocycles. The zero-order valence-electron chi connectivity index (χ0n) is 10.9. The Bertz CT molecular complexity index is 293. The van der Waals surface area contributed by atoms with Crippen molar-refractivity contribution in [3.05, 3.63) is 0 Å². The van der Waals surface area contributed by atoms with Crippen LogP contribution in [0.5, 0.6) is 0 Å². The van der Waals surface area contributed by atoms with Gasteiger partial charge in [0, 0.05) is 31.8 Å². The van der Waals surface area contributed by atoms with Gasteiger partial charge in [0.25, 0.3) is 0 Å². The minimum Gasteiger partial charge on any atom is -0.342 e. The van der Waals surface area contributed by atoms with Gasteiger partial charge in [-0.25, -0.2) is 8.78 Å². The smallest absolute Gasteiger partial charge is 0.248 e. The lowest BCUT2D eigenvalue weighted by atomic mass is 9.85. The van der Waals surface area contributed by atoms with E-state index in [0.29, 0.717) is 12.8 Å². The van der Waals surface area contributed by atoms with E-state index in [0.717, 1.165) is 25.9 Å². The zero-order chi connectivity index (χ0) is 13.2. The summed E-state index contributed by atoms with van der Waals surface area (Å²) in [6, 6.07) is 0.279. The Balaban J connectivity index is 1.87. The molecule has 0 atom stereocenters. The summed E-state index contributed by atoms with van der Waals surface area (Å²) < 4.78 is 26.1. The summed E-state index contributed by atoms with van der Waals surface area (Å²) in [6.07, 6.45) is 2.32. The molecule has 1 heterocycles. The number of nitrogens with one attached hydrogen (secondary N) is 1. The molecule has 3 nitrogen and oxygen atoms in total. The third-order valence-corrected chi connectivity index (χ3v) is 4.27. The van der Waals surface area contributed by atoms with E-state index < -0.39 is 5.92 Å². The van der Waals surface area contributed by atoms with Crippen molar-refractivity contribution in [2.24, 2.45) is 5.92 Å². The highest BCUT2D eigenvalue weighted by Crippen LogP contribution is 2.37. The number of carbonyl (C=O) groups is 1. The van der Waals surface area contributed by atoms with Gasteiger partial charge in [0.2, 0.25) is 11.8 Å². The van der Waals surface area contributed by atoms with Gasteiger partial charge in [-0.15, -0.1) is 0 Å². The van der Waals surface area contributed by atoms with Crippen molar-refractivity contribution < 1.29 is 13.6 Å². The van der Waals surface area contributed by atoms with Crippen LogP contribution < -0.4 is 5.32 Å². The number of nitrogens with zero attached hydrogens (tertiary/aromatic N) is 1. The average Bonchev–Trinajstić information content (AvgIpc) is 2.38. The lowest BCUT2D eigenvalue weighted by Crippen LogP contribution is -2.47. The van der Waals surface area contributed by atoms with Crippen LogP contribution in [0.2, 0.25) is 0 Å². The lowest BCUT2D eigenvalue weighted by molar-refractivity contribution is -0.140. The first kappa shape index (κ1) is 13.7. The third kappa shape index (κ3) is 3.19. The first-order valence-corrected chi connectivity index (χ1v) is 6.85. The Hall–Kier alpha value is -0.710. The predicted molar refractivity (Wildman–Crippen MR) is 65.6 cm³/mol. The second kappa shape index (κ2) is 5.51. The van der Waals surface area contributed by atoms with E-state index >= 15 is 0 Å². The van der Waals surface area contributed by atoms with Crippen molar-refractivity contribution in [3.8, 4) is 0 Å². The number of hydrogen-bond acceptors (Lipinski definition) is 2. The van der Waals surface area contributed by atoms with Crippen LogP contribution in [0, 0.1) is 5.92 Å². The van der Waals surface area contributed by atoms with Crippen LogP contribution in [-0.2, 0) is 4.79 Å². The van der Waals surface area contributed by atoms with Gasteiger partial charge in [0.1, 0.15) is 0 Å². The number of rotatable bonds is 2. The molecule has 0 bridgehead atoms. The predicted octanol–water partition coefficient (Wildman–Crippen LogP) is 2.02. The van der Waals surface area contributed by atoms with Gasteiger partial charge in [0.15, 0.2) is 0 Å². The van der Waals surface area contributed by atoms with Gasteiger partial charge < -0.3 is 10.2 Å². The fourth-order valence-electron chi connectivity index (χ4n) is 2.95. The van der Waals surface area contributed by atoms with Gasteiger partial charge in [-0.3, -0.25) is 4.79 Å². The van der Waals surface area contributed by atoms with E-state index in [1.807, 2.05) is 7.05 Å². The molecule has 0 aromatic rings. The second-order valence-corrected chi connectivity index (χ2v) is 5.56. The highest BCUT2D eigenvalue weighted by Gasteiger charge is 2.39. The third-order valence-electron chi connectivity index (χ3n) is 4.27. The molecule has 0 spiro atoms. The van der Waals surface area contributed by atoms with Gasteiger partial charge in [-0.2, -0.15) is 0 Å². The zero-order valence-corrected chi connectivity index (χ0v) is 10.9. The van der Waals surface area contributed by atoms with Crippen molar-refractivity contribution in [1.82, 2.24) is 10.2 Å². The van der Waals surface area contributed by atoms with Crippen molar-refractivity contribution in [3.63, 3.8) is 0 Å². The molecule has 0 radical (unpaired) electrons. The molecule has 1 saturated carbocycles. The van der Waals surface area contributed by atoms with E-state index in [2.05, 4.69) is 5.32 Å². The van der Waals surface area contributed by atoms with E-state index in [-0.39, 0.29) is 30.7 Å². The largest absolute Gasteiger partial charge is 0.342 e. The molecule has 1 aliphatic heterocycles. The van der Waals surface area contributed by atoms with E-state index in [1.165, 1.54) is 0 Å². The average molecular weight is 260 g/mol. The highest BCUT2D eigenvalue weighted by molar-refractivity contribution is 5.79. The van der Waals surface area contributed by atoms with Gasteiger partial charge in [0.05, 0.1) is 0 Å². The van der Waals surface area contributed by atoms with Crippen LogP contribution >= 0.6 is 0 Å². The number of amides is 1. The fourth-order valence-corrected chi connectivity index (χ4v) is 2.95. The maximum absolute atomic E-state index is 13.1. The summed E-state index contributed by atoms with van der Waals surface area (Å²) in [5, 5.41) is 3.26. The monoisotopic (exact) mass is 260 g/mol. The van der Waals surface area contributed by atoms with Gasteiger partial charge >= 0.3 is 0 Å². The van der Waals surface area contributed by atoms with Crippen LogP contribution in [-0.4, -0.2) is 42.9 Å². The lowest BCUT2D eigenvalue weighted by Gasteiger charge is -2.36. The highest BCUT2D eigenvalue weighted by atomic mass is 19.3. The molecule has 5 heteroatoms. The molecule has 2 aliphatic rings. The molecule has 0 aromatic heterocycles. The minimum absolute atomic E-state index is 0.0670. The SMILES string of the molecule is CN(C(=O)C1CCC(F)(F)CC1)C1CCNCC1. The summed E-state index contributed by atoms with van der Waals surface area (Å²) >= 11 is 0. The van der Waals surface area contributed by atoms with Crippen LogP contribution in [0.1, 0.15) is 38.5 Å². The number of hydrogen-bond donors (Lipinski definition) is 1. The molecule has 1 N–H and O–H groups in total. The van der Waals surface area contributed by atoms with Crippen molar-refractivity contribution in [2.45, 2.75) is 50.5 Å². The first-order valence-electron chi connectivity index (χ1n) is 6.85. The summed E-state index contributed by atoms with van der Waals surface area (Å²) in [6.45, 7) is 1.87. The summed E-state index contributed by atoms with van der Waals surface area (Å²) in [5.41, 5.74) is 0. The van der Waals surface area contributed by atoms with Crippen LogP contribution in [0.4, 0.5) is 8.78 Å². The quantitative estimate of drug-likeness (QED) is 0.824. The maximum atomic E-state index is 13.1. The Kier molecular flexibility index (Phi) is 4.20. The number of alkyl halides is 2. The molecule has 1 amide bonds. The van der Waals surface area contributed by atoms with Crippen LogP contribution in [0.3, 0.4) is 0 Å². The van der Waals surface area contributed by atoms with E-state index in [1.54, 1.807) is 4.90 Å². The van der Waals surface area contributed by atoms with E-state index in [9.17, 15) is 13.6 Å². The first-order chi connectivity index (χ1) is 8.49.